The van der Waals surface area contributed by atoms with Gasteiger partial charge in [0.2, 0.25) is 0 Å². The molecule has 1 fully saturated rings. The van der Waals surface area contributed by atoms with Gasteiger partial charge in [-0.05, 0) is 25.0 Å². The second-order valence-corrected chi connectivity index (χ2v) is 7.99. The first-order valence-corrected chi connectivity index (χ1v) is 9.88. The van der Waals surface area contributed by atoms with Crippen LogP contribution in [0.5, 0.6) is 0 Å². The number of piperidine rings is 1. The molecule has 1 aliphatic heterocycles. The van der Waals surface area contributed by atoms with Crippen molar-refractivity contribution in [1.29, 1.82) is 0 Å². The van der Waals surface area contributed by atoms with Gasteiger partial charge in [0.25, 0.3) is 6.43 Å². The third-order valence-corrected chi connectivity index (χ3v) is 6.53. The van der Waals surface area contributed by atoms with Crippen LogP contribution in [-0.2, 0) is 19.1 Å². The van der Waals surface area contributed by atoms with Gasteiger partial charge in [0.05, 0.1) is 28.5 Å². The summed E-state index contributed by atoms with van der Waals surface area (Å²) in [6.45, 7) is 1.62. The van der Waals surface area contributed by atoms with Gasteiger partial charge in [-0.3, -0.25) is 14.4 Å². The van der Waals surface area contributed by atoms with E-state index in [0.717, 1.165) is 32.0 Å². The number of carboxylic acids is 2. The molecule has 7 nitrogen and oxygen atoms in total. The minimum absolute atomic E-state index is 0.313. The highest BCUT2D eigenvalue weighted by molar-refractivity contribution is 5.84. The fraction of sp³-hybridized carbons (Fsp3) is 0.571. The zero-order valence-electron chi connectivity index (χ0n) is 17.7. The molecule has 11 heteroatoms. The Balaban J connectivity index is 2.96. The molecule has 0 radical (unpaired) electrons. The number of rotatable bonds is 8. The standard InChI is InChI=1S/C21H25F4NO6/c1-4-21(19(30)31)14(9-32-10(2)27)26-13(8-22)20(3,18(28)29)16(21)11-6-5-7-12(23)15(11)17(24)25/h5-7,13-14,16-17,26H,4,8-9H2,1-3H3,(H,28,29)(H,30,31). The first-order valence-electron chi connectivity index (χ1n) is 9.88. The fourth-order valence-corrected chi connectivity index (χ4v) is 4.89. The molecule has 0 spiro atoms. The fourth-order valence-electron chi connectivity index (χ4n) is 4.89. The lowest BCUT2D eigenvalue weighted by Gasteiger charge is -2.56. The molecule has 1 heterocycles. The highest BCUT2D eigenvalue weighted by atomic mass is 19.3. The number of halogens is 4. The number of carboxylic acid groups (broad SMARTS) is 2. The van der Waals surface area contributed by atoms with E-state index in [1.165, 1.54) is 6.92 Å². The van der Waals surface area contributed by atoms with Crippen molar-refractivity contribution in [2.75, 3.05) is 13.3 Å². The van der Waals surface area contributed by atoms with E-state index in [4.69, 9.17) is 4.74 Å². The molecule has 0 amide bonds. The molecule has 2 rings (SSSR count). The maximum Gasteiger partial charge on any atom is 0.312 e. The topological polar surface area (TPSA) is 113 Å². The van der Waals surface area contributed by atoms with Crippen molar-refractivity contribution >= 4 is 17.9 Å². The van der Waals surface area contributed by atoms with Crippen LogP contribution in [-0.4, -0.2) is 53.5 Å². The molecule has 1 aliphatic rings. The van der Waals surface area contributed by atoms with Crippen molar-refractivity contribution in [2.24, 2.45) is 10.8 Å². The summed E-state index contributed by atoms with van der Waals surface area (Å²) in [5.74, 6) is -7.14. The van der Waals surface area contributed by atoms with Gasteiger partial charge < -0.3 is 20.3 Å². The highest BCUT2D eigenvalue weighted by Crippen LogP contribution is 2.58. The Kier molecular flexibility index (Phi) is 7.54. The Labute approximate surface area is 181 Å². The molecule has 1 saturated heterocycles. The molecule has 5 atom stereocenters. The third kappa shape index (κ3) is 3.94. The number of hydrogen-bond donors (Lipinski definition) is 3. The maximum absolute atomic E-state index is 14.5. The van der Waals surface area contributed by atoms with Crippen LogP contribution < -0.4 is 5.32 Å². The summed E-state index contributed by atoms with van der Waals surface area (Å²) in [6.07, 6.45) is -3.70. The molecule has 32 heavy (non-hydrogen) atoms. The number of hydrogen-bond acceptors (Lipinski definition) is 5. The van der Waals surface area contributed by atoms with Crippen molar-refractivity contribution in [2.45, 2.75) is 51.6 Å². The molecule has 1 aromatic rings. The summed E-state index contributed by atoms with van der Waals surface area (Å²) >= 11 is 0. The van der Waals surface area contributed by atoms with E-state index in [1.807, 2.05) is 0 Å². The summed E-state index contributed by atoms with van der Waals surface area (Å²) in [6, 6.07) is -0.0389. The van der Waals surface area contributed by atoms with Crippen LogP contribution in [0, 0.1) is 16.6 Å². The lowest BCUT2D eigenvalue weighted by atomic mass is 9.50. The number of carbonyl (C=O) groups is 3. The van der Waals surface area contributed by atoms with Gasteiger partial charge in [-0.15, -0.1) is 0 Å². The Bertz CT molecular complexity index is 897. The third-order valence-electron chi connectivity index (χ3n) is 6.53. The van der Waals surface area contributed by atoms with Crippen molar-refractivity contribution in [1.82, 2.24) is 5.32 Å². The Morgan fingerprint density at radius 1 is 1.19 bits per heavy atom. The summed E-state index contributed by atoms with van der Waals surface area (Å²) in [4.78, 5) is 36.5. The van der Waals surface area contributed by atoms with E-state index < -0.39 is 83.4 Å². The van der Waals surface area contributed by atoms with Gasteiger partial charge in [-0.25, -0.2) is 17.6 Å². The Hall–Kier alpha value is -2.69. The first kappa shape index (κ1) is 25.6. The zero-order valence-corrected chi connectivity index (χ0v) is 17.7. The van der Waals surface area contributed by atoms with E-state index in [-0.39, 0.29) is 6.42 Å². The number of carbonyl (C=O) groups excluding carboxylic acids is 1. The first-order chi connectivity index (χ1) is 14.9. The van der Waals surface area contributed by atoms with Crippen molar-refractivity contribution in [3.05, 3.63) is 35.1 Å². The van der Waals surface area contributed by atoms with E-state index in [0.29, 0.717) is 0 Å². The normalized spacial score (nSPS) is 30.2. The minimum Gasteiger partial charge on any atom is -0.481 e. The molecule has 5 unspecified atom stereocenters. The molecular weight excluding hydrogens is 438 g/mol. The zero-order chi connectivity index (χ0) is 24.4. The minimum atomic E-state index is -3.39. The lowest BCUT2D eigenvalue weighted by molar-refractivity contribution is -0.177. The van der Waals surface area contributed by atoms with Gasteiger partial charge in [-0.1, -0.05) is 19.1 Å². The molecule has 0 saturated carbocycles. The van der Waals surface area contributed by atoms with Crippen LogP contribution >= 0.6 is 0 Å². The largest absolute Gasteiger partial charge is 0.481 e. The van der Waals surface area contributed by atoms with Crippen LogP contribution in [0.3, 0.4) is 0 Å². The van der Waals surface area contributed by atoms with Crippen LogP contribution in [0.15, 0.2) is 18.2 Å². The number of esters is 1. The number of alkyl halides is 3. The Morgan fingerprint density at radius 2 is 1.81 bits per heavy atom. The lowest BCUT2D eigenvalue weighted by Crippen LogP contribution is -2.71. The average molecular weight is 463 g/mol. The maximum atomic E-state index is 14.5. The summed E-state index contributed by atoms with van der Waals surface area (Å²) < 4.78 is 61.3. The smallest absolute Gasteiger partial charge is 0.312 e. The summed E-state index contributed by atoms with van der Waals surface area (Å²) in [5.41, 5.74) is -6.12. The predicted molar refractivity (Wildman–Crippen MR) is 104 cm³/mol. The van der Waals surface area contributed by atoms with E-state index in [1.54, 1.807) is 0 Å². The second kappa shape index (κ2) is 9.43. The van der Waals surface area contributed by atoms with Crippen LogP contribution in [0.25, 0.3) is 0 Å². The molecule has 3 N–H and O–H groups in total. The summed E-state index contributed by atoms with van der Waals surface area (Å²) in [7, 11) is 0. The average Bonchev–Trinajstić information content (AvgIpc) is 2.71. The second-order valence-electron chi connectivity index (χ2n) is 7.99. The van der Waals surface area contributed by atoms with Crippen molar-refractivity contribution < 1.29 is 46.9 Å². The van der Waals surface area contributed by atoms with Gasteiger partial charge >= 0.3 is 17.9 Å². The molecule has 0 bridgehead atoms. The molecule has 178 valence electrons. The molecule has 0 aromatic heterocycles. The van der Waals surface area contributed by atoms with Gasteiger partial charge in [0.1, 0.15) is 19.1 Å². The highest BCUT2D eigenvalue weighted by Gasteiger charge is 2.67. The van der Waals surface area contributed by atoms with Gasteiger partial charge in [0.15, 0.2) is 0 Å². The summed E-state index contributed by atoms with van der Waals surface area (Å²) in [5, 5.41) is 23.0. The van der Waals surface area contributed by atoms with Gasteiger partial charge in [0, 0.05) is 12.8 Å². The SMILES string of the molecule is CCC1(C(=O)O)C(COC(C)=O)NC(CF)C(C)(C(=O)O)C1c1cccc(F)c1C(F)F. The molecule has 1 aromatic carbocycles. The van der Waals surface area contributed by atoms with E-state index in [9.17, 15) is 42.2 Å². The number of aliphatic carboxylic acids is 2. The van der Waals surface area contributed by atoms with Gasteiger partial charge in [-0.2, -0.15) is 0 Å². The molecule has 0 aliphatic carbocycles. The molecular formula is C21H25F4NO6. The quantitative estimate of drug-likeness (QED) is 0.401. The number of nitrogens with one attached hydrogen (secondary N) is 1. The van der Waals surface area contributed by atoms with Crippen LogP contribution in [0.2, 0.25) is 0 Å². The van der Waals surface area contributed by atoms with Crippen LogP contribution in [0.1, 0.15) is 50.7 Å². The number of benzene rings is 1. The monoisotopic (exact) mass is 463 g/mol. The Morgan fingerprint density at radius 3 is 2.25 bits per heavy atom. The van der Waals surface area contributed by atoms with Crippen LogP contribution in [0.4, 0.5) is 17.6 Å². The van der Waals surface area contributed by atoms with E-state index >= 15 is 0 Å². The predicted octanol–water partition coefficient (Wildman–Crippen LogP) is 3.29. The van der Waals surface area contributed by atoms with Crippen molar-refractivity contribution in [3.8, 4) is 0 Å². The number of ether oxygens (including phenoxy) is 1. The van der Waals surface area contributed by atoms with Crippen molar-refractivity contribution in [3.63, 3.8) is 0 Å². The van der Waals surface area contributed by atoms with E-state index in [2.05, 4.69) is 5.32 Å².